The van der Waals surface area contributed by atoms with E-state index in [2.05, 4.69) is 10.4 Å². The van der Waals surface area contributed by atoms with Crippen LogP contribution in [0.2, 0.25) is 0 Å². The highest BCUT2D eigenvalue weighted by molar-refractivity contribution is 7.12. The monoisotopic (exact) mass is 359 g/mol. The summed E-state index contributed by atoms with van der Waals surface area (Å²) in [6, 6.07) is 9.67. The minimum absolute atomic E-state index is 0.106. The van der Waals surface area contributed by atoms with Crippen LogP contribution in [-0.2, 0) is 9.59 Å². The van der Waals surface area contributed by atoms with Gasteiger partial charge in [-0.3, -0.25) is 9.59 Å². The first-order valence-electron chi connectivity index (χ1n) is 8.04. The number of benzene rings is 1. The van der Waals surface area contributed by atoms with Crippen LogP contribution in [0.4, 0.5) is 4.39 Å². The molecule has 1 N–H and O–H groups in total. The summed E-state index contributed by atoms with van der Waals surface area (Å²) in [5, 5.41) is 10.4. The van der Waals surface area contributed by atoms with Gasteiger partial charge in [0.25, 0.3) is 5.91 Å². The van der Waals surface area contributed by atoms with Gasteiger partial charge in [-0.2, -0.15) is 5.10 Å². The smallest absolute Gasteiger partial charge is 0.262 e. The third-order valence-electron chi connectivity index (χ3n) is 3.98. The van der Waals surface area contributed by atoms with Crippen LogP contribution in [0, 0.1) is 5.82 Å². The molecule has 0 saturated carbocycles. The van der Waals surface area contributed by atoms with Crippen LogP contribution < -0.4 is 5.32 Å². The van der Waals surface area contributed by atoms with E-state index in [-0.39, 0.29) is 30.2 Å². The standard InChI is InChI=1S/C18H18FN3O2S/c1-2-17(23)20-11-18(24)22-15(12-5-7-13(19)8-6-12)10-14(21-22)16-4-3-9-25-16/h3-9,15H,2,10-11H2,1H3,(H,20,23)/t15-/m0/s1. The first-order valence-corrected chi connectivity index (χ1v) is 8.92. The zero-order valence-electron chi connectivity index (χ0n) is 13.7. The molecule has 2 amide bonds. The summed E-state index contributed by atoms with van der Waals surface area (Å²) in [5.41, 5.74) is 1.63. The average Bonchev–Trinajstić information content (AvgIpc) is 3.29. The Morgan fingerprint density at radius 2 is 2.08 bits per heavy atom. The van der Waals surface area contributed by atoms with Gasteiger partial charge in [0.2, 0.25) is 5.91 Å². The van der Waals surface area contributed by atoms with Gasteiger partial charge in [0.15, 0.2) is 0 Å². The fraction of sp³-hybridized carbons (Fsp3) is 0.278. The lowest BCUT2D eigenvalue weighted by Crippen LogP contribution is -2.37. The summed E-state index contributed by atoms with van der Waals surface area (Å²) in [5.74, 6) is -0.801. The molecule has 1 atom stereocenters. The van der Waals surface area contributed by atoms with Gasteiger partial charge < -0.3 is 5.32 Å². The van der Waals surface area contributed by atoms with E-state index in [1.807, 2.05) is 17.5 Å². The number of thiophene rings is 1. The number of rotatable bonds is 5. The maximum absolute atomic E-state index is 13.2. The van der Waals surface area contributed by atoms with Gasteiger partial charge in [-0.05, 0) is 29.1 Å². The van der Waals surface area contributed by atoms with Crippen LogP contribution in [0.15, 0.2) is 46.9 Å². The van der Waals surface area contributed by atoms with Crippen molar-refractivity contribution in [3.8, 4) is 0 Å². The number of nitrogens with one attached hydrogen (secondary N) is 1. The molecule has 25 heavy (non-hydrogen) atoms. The summed E-state index contributed by atoms with van der Waals surface area (Å²) in [6.07, 6.45) is 0.873. The first kappa shape index (κ1) is 17.3. The maximum atomic E-state index is 13.2. The Bertz CT molecular complexity index is 787. The van der Waals surface area contributed by atoms with E-state index >= 15 is 0 Å². The van der Waals surface area contributed by atoms with Gasteiger partial charge in [0.05, 0.1) is 23.2 Å². The van der Waals surface area contributed by atoms with Gasteiger partial charge in [-0.25, -0.2) is 9.40 Å². The topological polar surface area (TPSA) is 61.8 Å². The van der Waals surface area contributed by atoms with E-state index in [9.17, 15) is 14.0 Å². The highest BCUT2D eigenvalue weighted by Gasteiger charge is 2.33. The first-order chi connectivity index (χ1) is 12.1. The van der Waals surface area contributed by atoms with Crippen LogP contribution in [-0.4, -0.2) is 29.1 Å². The van der Waals surface area contributed by atoms with Gasteiger partial charge >= 0.3 is 0 Å². The predicted molar refractivity (Wildman–Crippen MR) is 94.8 cm³/mol. The van der Waals surface area contributed by atoms with Crippen LogP contribution in [0.25, 0.3) is 0 Å². The molecule has 1 aromatic carbocycles. The molecule has 0 radical (unpaired) electrons. The summed E-state index contributed by atoms with van der Waals surface area (Å²) in [6.45, 7) is 1.62. The highest BCUT2D eigenvalue weighted by atomic mass is 32.1. The molecule has 1 aromatic heterocycles. The summed E-state index contributed by atoms with van der Waals surface area (Å²) < 4.78 is 13.2. The molecule has 0 spiro atoms. The van der Waals surface area contributed by atoms with Gasteiger partial charge in [-0.15, -0.1) is 11.3 Å². The number of hydrogen-bond acceptors (Lipinski definition) is 4. The second kappa shape index (κ2) is 7.57. The molecular formula is C18H18FN3O2S. The van der Waals surface area contributed by atoms with Gasteiger partial charge in [0, 0.05) is 12.8 Å². The summed E-state index contributed by atoms with van der Waals surface area (Å²) >= 11 is 1.56. The molecule has 3 rings (SSSR count). The van der Waals surface area contributed by atoms with Crippen molar-refractivity contribution < 1.29 is 14.0 Å². The Morgan fingerprint density at radius 1 is 1.32 bits per heavy atom. The second-order valence-corrected chi connectivity index (χ2v) is 6.61. The molecule has 0 aliphatic carbocycles. The molecule has 2 aromatic rings. The lowest BCUT2D eigenvalue weighted by molar-refractivity contribution is -0.134. The van der Waals surface area contributed by atoms with Crippen LogP contribution in [0.1, 0.15) is 36.2 Å². The second-order valence-electron chi connectivity index (χ2n) is 5.66. The molecule has 130 valence electrons. The largest absolute Gasteiger partial charge is 0.347 e. The van der Waals surface area contributed by atoms with Crippen molar-refractivity contribution in [2.45, 2.75) is 25.8 Å². The summed E-state index contributed by atoms with van der Waals surface area (Å²) in [4.78, 5) is 25.0. The molecule has 1 aliphatic heterocycles. The molecule has 0 bridgehead atoms. The number of halogens is 1. The van der Waals surface area contributed by atoms with E-state index in [1.54, 1.807) is 30.4 Å². The number of nitrogens with zero attached hydrogens (tertiary/aromatic N) is 2. The van der Waals surface area contributed by atoms with Crippen molar-refractivity contribution in [3.05, 3.63) is 58.0 Å². The molecule has 2 heterocycles. The zero-order chi connectivity index (χ0) is 17.8. The fourth-order valence-electron chi connectivity index (χ4n) is 2.66. The lowest BCUT2D eigenvalue weighted by atomic mass is 10.0. The Labute approximate surface area is 149 Å². The van der Waals surface area contributed by atoms with Crippen LogP contribution in [0.5, 0.6) is 0 Å². The third kappa shape index (κ3) is 3.93. The van der Waals surface area contributed by atoms with Gasteiger partial charge in [-0.1, -0.05) is 25.1 Å². The van der Waals surface area contributed by atoms with Crippen molar-refractivity contribution in [2.75, 3.05) is 6.54 Å². The molecule has 1 aliphatic rings. The molecule has 0 saturated heterocycles. The van der Waals surface area contributed by atoms with Crippen molar-refractivity contribution in [1.82, 2.24) is 10.3 Å². The van der Waals surface area contributed by atoms with Crippen molar-refractivity contribution in [1.29, 1.82) is 0 Å². The van der Waals surface area contributed by atoms with E-state index < -0.39 is 0 Å². The predicted octanol–water partition coefficient (Wildman–Crippen LogP) is 3.09. The zero-order valence-corrected chi connectivity index (χ0v) is 14.6. The number of carbonyl (C=O) groups is 2. The van der Waals surface area contributed by atoms with Crippen molar-refractivity contribution >= 4 is 28.9 Å². The van der Waals surface area contributed by atoms with E-state index in [0.717, 1.165) is 16.2 Å². The lowest BCUT2D eigenvalue weighted by Gasteiger charge is -2.22. The highest BCUT2D eigenvalue weighted by Crippen LogP contribution is 2.33. The quantitative estimate of drug-likeness (QED) is 0.892. The summed E-state index contributed by atoms with van der Waals surface area (Å²) in [7, 11) is 0. The van der Waals surface area contributed by atoms with Crippen molar-refractivity contribution in [2.24, 2.45) is 5.10 Å². The van der Waals surface area contributed by atoms with Crippen LogP contribution >= 0.6 is 11.3 Å². The van der Waals surface area contributed by atoms with E-state index in [1.165, 1.54) is 17.1 Å². The van der Waals surface area contributed by atoms with Crippen LogP contribution in [0.3, 0.4) is 0 Å². The Kier molecular flexibility index (Phi) is 5.23. The van der Waals surface area contributed by atoms with Crippen molar-refractivity contribution in [3.63, 3.8) is 0 Å². The third-order valence-corrected chi connectivity index (χ3v) is 4.90. The normalized spacial score (nSPS) is 16.6. The minimum Gasteiger partial charge on any atom is -0.347 e. The number of hydrazone groups is 1. The maximum Gasteiger partial charge on any atom is 0.262 e. The Morgan fingerprint density at radius 3 is 2.72 bits per heavy atom. The number of carbonyl (C=O) groups excluding carboxylic acids is 2. The molecule has 5 nitrogen and oxygen atoms in total. The minimum atomic E-state index is -0.325. The average molecular weight is 359 g/mol. The van der Waals surface area contributed by atoms with Gasteiger partial charge in [0.1, 0.15) is 5.82 Å². The fourth-order valence-corrected chi connectivity index (χ4v) is 3.38. The van der Waals surface area contributed by atoms with E-state index in [0.29, 0.717) is 12.8 Å². The SMILES string of the molecule is CCC(=O)NCC(=O)N1N=C(c2cccs2)C[C@H]1c1ccc(F)cc1. The molecule has 0 fully saturated rings. The number of hydrogen-bond donors (Lipinski definition) is 1. The molecule has 7 heteroatoms. The molecule has 0 unspecified atom stereocenters. The molecular weight excluding hydrogens is 341 g/mol. The Hall–Kier alpha value is -2.54. The Balaban J connectivity index is 1.84. The number of amides is 2. The van der Waals surface area contributed by atoms with E-state index in [4.69, 9.17) is 0 Å².